The average Bonchev–Trinajstić information content (AvgIpc) is 3.18. The van der Waals surface area contributed by atoms with Crippen LogP contribution in [0.5, 0.6) is 0 Å². The van der Waals surface area contributed by atoms with Gasteiger partial charge in [-0.05, 0) is 45.0 Å². The highest BCUT2D eigenvalue weighted by molar-refractivity contribution is 8.00. The normalized spacial score (nSPS) is 11.2. The summed E-state index contributed by atoms with van der Waals surface area (Å²) in [4.78, 5) is 28.7. The lowest BCUT2D eigenvalue weighted by atomic mass is 10.0. The fourth-order valence-electron chi connectivity index (χ4n) is 3.18. The number of carbonyl (C=O) groups excluding carboxylic acids is 1. The van der Waals surface area contributed by atoms with Crippen molar-refractivity contribution in [3.63, 3.8) is 0 Å². The molecular weight excluding hydrogens is 434 g/mol. The van der Waals surface area contributed by atoms with Gasteiger partial charge in [-0.15, -0.1) is 0 Å². The third-order valence-electron chi connectivity index (χ3n) is 4.59. The van der Waals surface area contributed by atoms with Crippen molar-refractivity contribution in [1.82, 2.24) is 19.9 Å². The van der Waals surface area contributed by atoms with Crippen LogP contribution in [0.15, 0.2) is 47.9 Å². The van der Waals surface area contributed by atoms with Crippen LogP contribution in [0.3, 0.4) is 0 Å². The molecule has 0 saturated carbocycles. The van der Waals surface area contributed by atoms with Crippen molar-refractivity contribution in [2.45, 2.75) is 31.8 Å². The van der Waals surface area contributed by atoms with Crippen molar-refractivity contribution in [3.8, 4) is 0 Å². The summed E-state index contributed by atoms with van der Waals surface area (Å²) in [5.74, 6) is -2.35. The number of fused-ring (bicyclic) bond motifs is 1. The number of halogens is 2. The zero-order valence-electron chi connectivity index (χ0n) is 17.5. The Morgan fingerprint density at radius 1 is 1.16 bits per heavy atom. The monoisotopic (exact) mass is 454 g/mol. The second kappa shape index (κ2) is 8.91. The van der Waals surface area contributed by atoms with Crippen molar-refractivity contribution < 1.29 is 13.6 Å². The maximum atomic E-state index is 15.3. The van der Waals surface area contributed by atoms with Gasteiger partial charge in [-0.25, -0.2) is 23.7 Å². The number of benzene rings is 1. The van der Waals surface area contributed by atoms with Gasteiger partial charge in [-0.3, -0.25) is 4.79 Å². The van der Waals surface area contributed by atoms with Crippen molar-refractivity contribution >= 4 is 40.3 Å². The number of hydrogen-bond acceptors (Lipinski definition) is 7. The fourth-order valence-corrected chi connectivity index (χ4v) is 3.89. The zero-order valence-corrected chi connectivity index (χ0v) is 18.3. The van der Waals surface area contributed by atoms with E-state index in [0.717, 1.165) is 23.7 Å². The highest BCUT2D eigenvalue weighted by atomic mass is 32.2. The van der Waals surface area contributed by atoms with Crippen LogP contribution in [-0.2, 0) is 0 Å². The van der Waals surface area contributed by atoms with E-state index in [-0.39, 0.29) is 17.3 Å². The summed E-state index contributed by atoms with van der Waals surface area (Å²) in [5, 5.41) is 4.12. The van der Waals surface area contributed by atoms with E-state index < -0.39 is 23.0 Å². The summed E-state index contributed by atoms with van der Waals surface area (Å²) in [6, 6.07) is 7.75. The molecule has 0 atom stereocenters. The van der Waals surface area contributed by atoms with Crippen molar-refractivity contribution in [2.24, 2.45) is 0 Å². The van der Waals surface area contributed by atoms with E-state index in [1.54, 1.807) is 6.07 Å². The molecule has 164 valence electrons. The van der Waals surface area contributed by atoms with Gasteiger partial charge in [-0.1, -0.05) is 6.07 Å². The first kappa shape index (κ1) is 21.7. The molecule has 1 aromatic carbocycles. The number of hydrogen-bond donors (Lipinski definition) is 3. The first-order valence-corrected chi connectivity index (χ1v) is 10.6. The molecule has 0 aliphatic heterocycles. The number of aromatic nitrogens is 4. The minimum absolute atomic E-state index is 0.0270. The fraction of sp³-hybridized carbons (Fsp3) is 0.182. The summed E-state index contributed by atoms with van der Waals surface area (Å²) >= 11 is 1.07. The Labute approximate surface area is 187 Å². The van der Waals surface area contributed by atoms with E-state index in [2.05, 4.69) is 30.0 Å². The number of carbonyl (C=O) groups is 1. The molecule has 0 amide bonds. The average molecular weight is 455 g/mol. The van der Waals surface area contributed by atoms with Gasteiger partial charge in [-0.2, -0.15) is 0 Å². The highest BCUT2D eigenvalue weighted by Crippen LogP contribution is 2.31. The Morgan fingerprint density at radius 3 is 2.72 bits per heavy atom. The molecule has 0 spiro atoms. The molecule has 3 heterocycles. The SMILES string of the molecule is Cc1cccc(SNc2ccc(F)c(C(=O)c3c[nH]c4ncnc(NC(C)C)c34)c2F)n1. The lowest BCUT2D eigenvalue weighted by Gasteiger charge is -2.12. The summed E-state index contributed by atoms with van der Waals surface area (Å²) in [5.41, 5.74) is 0.585. The second-order valence-corrected chi connectivity index (χ2v) is 8.21. The third-order valence-corrected chi connectivity index (χ3v) is 5.34. The van der Waals surface area contributed by atoms with E-state index >= 15 is 4.39 Å². The van der Waals surface area contributed by atoms with Crippen molar-refractivity contribution in [2.75, 3.05) is 10.0 Å². The predicted molar refractivity (Wildman–Crippen MR) is 121 cm³/mol. The van der Waals surface area contributed by atoms with Gasteiger partial charge >= 0.3 is 0 Å². The van der Waals surface area contributed by atoms with Gasteiger partial charge in [0.05, 0.1) is 22.2 Å². The smallest absolute Gasteiger partial charge is 0.201 e. The van der Waals surface area contributed by atoms with Crippen molar-refractivity contribution in [1.29, 1.82) is 0 Å². The molecule has 4 aromatic rings. The van der Waals surface area contributed by atoms with Crippen LogP contribution in [0.25, 0.3) is 11.0 Å². The van der Waals surface area contributed by atoms with Crippen LogP contribution in [0.1, 0.15) is 35.5 Å². The van der Waals surface area contributed by atoms with E-state index in [9.17, 15) is 9.18 Å². The number of ketones is 1. The standard InChI is InChI=1S/C22H20F2N6OS/c1-11(2)28-22-17-13(9-25-21(17)26-10-27-22)20(31)18-14(23)7-8-15(19(18)24)30-32-16-6-4-5-12(3)29-16/h4-11,30H,1-3H3,(H2,25,26,27,28). The lowest BCUT2D eigenvalue weighted by molar-refractivity contribution is 0.103. The van der Waals surface area contributed by atoms with Crippen LogP contribution in [0, 0.1) is 18.6 Å². The molecule has 3 N–H and O–H groups in total. The van der Waals surface area contributed by atoms with Gasteiger partial charge in [0.1, 0.15) is 28.6 Å². The Hall–Kier alpha value is -3.53. The zero-order chi connectivity index (χ0) is 22.8. The van der Waals surface area contributed by atoms with Gasteiger partial charge in [0.2, 0.25) is 5.78 Å². The topological polar surface area (TPSA) is 95.6 Å². The number of H-pyrrole nitrogens is 1. The minimum Gasteiger partial charge on any atom is -0.367 e. The van der Waals surface area contributed by atoms with Crippen molar-refractivity contribution in [3.05, 3.63) is 71.3 Å². The number of anilines is 2. The molecule has 10 heteroatoms. The summed E-state index contributed by atoms with van der Waals surface area (Å²) < 4.78 is 32.7. The predicted octanol–water partition coefficient (Wildman–Crippen LogP) is 5.11. The number of nitrogens with zero attached hydrogens (tertiary/aromatic N) is 3. The van der Waals surface area contributed by atoms with E-state index in [1.807, 2.05) is 32.9 Å². The number of aryl methyl sites for hydroxylation is 1. The molecule has 32 heavy (non-hydrogen) atoms. The third kappa shape index (κ3) is 4.26. The molecule has 0 saturated heterocycles. The highest BCUT2D eigenvalue weighted by Gasteiger charge is 2.26. The minimum atomic E-state index is -0.986. The van der Waals surface area contributed by atoms with Gasteiger partial charge < -0.3 is 15.0 Å². The van der Waals surface area contributed by atoms with Gasteiger partial charge in [0.25, 0.3) is 0 Å². The second-order valence-electron chi connectivity index (χ2n) is 7.38. The van der Waals surface area contributed by atoms with E-state index in [0.29, 0.717) is 21.9 Å². The molecule has 0 aliphatic carbocycles. The number of rotatable bonds is 7. The molecule has 4 rings (SSSR count). The molecule has 0 aliphatic rings. The number of aromatic amines is 1. The Balaban J connectivity index is 1.71. The maximum Gasteiger partial charge on any atom is 0.201 e. The summed E-state index contributed by atoms with van der Waals surface area (Å²) in [6.45, 7) is 5.67. The summed E-state index contributed by atoms with van der Waals surface area (Å²) in [6.07, 6.45) is 2.73. The Kier molecular flexibility index (Phi) is 6.04. The molecule has 3 aromatic heterocycles. The molecule has 0 unspecified atom stereocenters. The lowest BCUT2D eigenvalue weighted by Crippen LogP contribution is -2.13. The van der Waals surface area contributed by atoms with Crippen LogP contribution < -0.4 is 10.0 Å². The summed E-state index contributed by atoms with van der Waals surface area (Å²) in [7, 11) is 0. The quantitative estimate of drug-likeness (QED) is 0.264. The van der Waals surface area contributed by atoms with Crippen LogP contribution in [0.2, 0.25) is 0 Å². The van der Waals surface area contributed by atoms with Crippen LogP contribution in [-0.4, -0.2) is 31.8 Å². The molecule has 0 bridgehead atoms. The van der Waals surface area contributed by atoms with Gasteiger partial charge in [0, 0.05) is 29.9 Å². The molecule has 0 fully saturated rings. The molecule has 7 nitrogen and oxygen atoms in total. The number of nitrogens with one attached hydrogen (secondary N) is 3. The van der Waals surface area contributed by atoms with Gasteiger partial charge in [0.15, 0.2) is 5.82 Å². The van der Waals surface area contributed by atoms with Crippen LogP contribution in [0.4, 0.5) is 20.3 Å². The Morgan fingerprint density at radius 2 is 1.97 bits per heavy atom. The molecular formula is C22H20F2N6OS. The first-order valence-electron chi connectivity index (χ1n) is 9.83. The van der Waals surface area contributed by atoms with E-state index in [4.69, 9.17) is 0 Å². The van der Waals surface area contributed by atoms with E-state index in [1.165, 1.54) is 18.6 Å². The largest absolute Gasteiger partial charge is 0.367 e. The molecule has 0 radical (unpaired) electrons. The number of pyridine rings is 1. The maximum absolute atomic E-state index is 15.3. The van der Waals surface area contributed by atoms with Crippen LogP contribution >= 0.6 is 11.9 Å². The Bertz CT molecular complexity index is 1310. The first-order chi connectivity index (χ1) is 15.3.